The number of thiophene rings is 2. The minimum Gasteiger partial charge on any atom is -0.345 e. The van der Waals surface area contributed by atoms with Gasteiger partial charge in [-0.05, 0) is 124 Å². The van der Waals surface area contributed by atoms with Gasteiger partial charge >= 0.3 is 0 Å². The molecule has 4 heterocycles. The highest BCUT2D eigenvalue weighted by atomic mass is 32.1. The highest BCUT2D eigenvalue weighted by Crippen LogP contribution is 2.56. The van der Waals surface area contributed by atoms with Crippen LogP contribution in [0.4, 0.5) is 45.5 Å². The van der Waals surface area contributed by atoms with E-state index in [0.717, 1.165) is 35.6 Å². The maximum atomic E-state index is 2.52. The van der Waals surface area contributed by atoms with E-state index in [-0.39, 0.29) is 0 Å². The average molecular weight is 933 g/mol. The third-order valence-corrected chi connectivity index (χ3v) is 17.6. The minimum absolute atomic E-state index is 0.998. The monoisotopic (exact) mass is 932 g/mol. The fraction of sp³-hybridized carbons (Fsp3) is 0.0625. The fourth-order valence-corrected chi connectivity index (χ4v) is 14.5. The summed E-state index contributed by atoms with van der Waals surface area (Å²) in [7, 11) is 4.42. The largest absolute Gasteiger partial charge is 0.345 e. The van der Waals surface area contributed by atoms with Crippen molar-refractivity contribution in [3.8, 4) is 22.3 Å². The van der Waals surface area contributed by atoms with Crippen molar-refractivity contribution in [2.75, 3.05) is 33.7 Å². The van der Waals surface area contributed by atoms with Crippen LogP contribution in [-0.4, -0.2) is 14.1 Å². The molecule has 2 aliphatic heterocycles. The number of allylic oxidation sites excluding steroid dienone is 3. The van der Waals surface area contributed by atoms with Crippen molar-refractivity contribution >= 4 is 130 Å². The highest BCUT2D eigenvalue weighted by Gasteiger charge is 2.32. The Morgan fingerprint density at radius 3 is 1.36 bits per heavy atom. The first-order valence-electron chi connectivity index (χ1n) is 24.2. The van der Waals surface area contributed by atoms with Gasteiger partial charge in [-0.3, -0.25) is 0 Å². The van der Waals surface area contributed by atoms with Gasteiger partial charge in [0.15, 0.2) is 0 Å². The van der Waals surface area contributed by atoms with E-state index in [1.165, 1.54) is 118 Å². The Labute approximate surface area is 414 Å². The van der Waals surface area contributed by atoms with Crippen LogP contribution in [0.15, 0.2) is 218 Å². The van der Waals surface area contributed by atoms with Crippen LogP contribution in [0.1, 0.15) is 12.8 Å². The summed E-state index contributed by atoms with van der Waals surface area (Å²) < 4.78 is 5.23. The van der Waals surface area contributed by atoms with Crippen LogP contribution < -0.4 is 19.6 Å². The summed E-state index contributed by atoms with van der Waals surface area (Å²) in [6, 6.07) is 72.9. The smallest absolute Gasteiger partial charge is 0.0699 e. The molecular weight excluding hydrogens is 889 g/mol. The number of benzene rings is 10. The summed E-state index contributed by atoms with van der Waals surface area (Å²) in [6.07, 6.45) is 6.72. The maximum absolute atomic E-state index is 2.52. The Morgan fingerprint density at radius 1 is 0.371 bits per heavy atom. The van der Waals surface area contributed by atoms with Gasteiger partial charge in [0, 0.05) is 82.6 Å². The molecule has 0 N–H and O–H groups in total. The van der Waals surface area contributed by atoms with Gasteiger partial charge in [0.25, 0.3) is 0 Å². The Bertz CT molecular complexity index is 4220. The molecule has 15 rings (SSSR count). The summed E-state index contributed by atoms with van der Waals surface area (Å²) in [5.41, 5.74) is 17.0. The number of hydrogen-bond donors (Lipinski definition) is 0. The standard InChI is InChI=1S/C64H44N4S2/c1-65-51-23-5-9-27-55(51)67(56-28-10-6-24-52(56)65)39-33-35-43-49(37-39)61(47-21-15-19-45-41-17-3-13-31-59(41)69-63(45)47)44-36-34-40(68-57-29-11-7-25-53(57)66(2)54-26-8-12-30-58(54)68)38-50(44)62(43)48-22-16-20-46-42-18-4-14-32-60(42)70-64(46)48/h3-7,9-25,27-38H,8,26H2,1-2H3. The lowest BCUT2D eigenvalue weighted by atomic mass is 9.84. The number of hydrogen-bond acceptors (Lipinski definition) is 6. The van der Waals surface area contributed by atoms with Crippen LogP contribution in [0.3, 0.4) is 0 Å². The van der Waals surface area contributed by atoms with Gasteiger partial charge in [-0.15, -0.1) is 22.7 Å². The highest BCUT2D eigenvalue weighted by molar-refractivity contribution is 7.26. The van der Waals surface area contributed by atoms with Gasteiger partial charge in [-0.2, -0.15) is 0 Å². The SMILES string of the molecule is CN1C2=C(C=CCC2)N(c2ccc3c(-c4cccc5c4sc4ccccc45)c4cc(N5c6ccccc6N(C)c6ccccc65)ccc4c(-c4cccc5c4sc4ccccc45)c3c2)c2ccccc21. The molecule has 10 aromatic carbocycles. The third-order valence-electron chi connectivity index (χ3n) is 15.2. The number of anilines is 8. The zero-order valence-corrected chi connectivity index (χ0v) is 40.3. The Hall–Kier alpha value is -8.16. The van der Waals surface area contributed by atoms with Crippen molar-refractivity contribution < 1.29 is 0 Å². The number of para-hydroxylation sites is 6. The predicted octanol–water partition coefficient (Wildman–Crippen LogP) is 18.8. The maximum Gasteiger partial charge on any atom is 0.0699 e. The molecule has 6 heteroatoms. The van der Waals surface area contributed by atoms with Crippen LogP contribution in [-0.2, 0) is 0 Å². The summed E-state index contributed by atoms with van der Waals surface area (Å²) in [5.74, 6) is 0. The fourth-order valence-electron chi connectivity index (χ4n) is 12.0. The third kappa shape index (κ3) is 5.63. The van der Waals surface area contributed by atoms with Crippen LogP contribution in [0.25, 0.3) is 84.1 Å². The number of fused-ring (bicyclic) bond motifs is 11. The molecule has 0 saturated heterocycles. The predicted molar refractivity (Wildman–Crippen MR) is 303 cm³/mol. The lowest BCUT2D eigenvalue weighted by molar-refractivity contribution is 0.849. The number of rotatable bonds is 4. The summed E-state index contributed by atoms with van der Waals surface area (Å²) in [4.78, 5) is 9.73. The van der Waals surface area contributed by atoms with Crippen molar-refractivity contribution in [3.63, 3.8) is 0 Å². The second-order valence-electron chi connectivity index (χ2n) is 18.8. The van der Waals surface area contributed by atoms with Crippen molar-refractivity contribution in [2.24, 2.45) is 0 Å². The van der Waals surface area contributed by atoms with Gasteiger partial charge in [0.05, 0.1) is 39.8 Å². The molecule has 332 valence electrons. The van der Waals surface area contributed by atoms with Gasteiger partial charge in [0.1, 0.15) is 0 Å². The Balaban J connectivity index is 1.10. The van der Waals surface area contributed by atoms with Crippen molar-refractivity contribution in [1.82, 2.24) is 0 Å². The van der Waals surface area contributed by atoms with Crippen molar-refractivity contribution in [2.45, 2.75) is 12.8 Å². The van der Waals surface area contributed by atoms with Gasteiger partial charge in [-0.25, -0.2) is 0 Å². The molecule has 0 bridgehead atoms. The summed E-state index contributed by atoms with van der Waals surface area (Å²) in [5, 5.41) is 10.1. The van der Waals surface area contributed by atoms with E-state index in [9.17, 15) is 0 Å². The van der Waals surface area contributed by atoms with Crippen LogP contribution in [0, 0.1) is 0 Å². The van der Waals surface area contributed by atoms with Gasteiger partial charge in [-0.1, -0.05) is 127 Å². The van der Waals surface area contributed by atoms with E-state index in [1.54, 1.807) is 0 Å². The van der Waals surface area contributed by atoms with E-state index in [1.807, 2.05) is 22.7 Å². The zero-order valence-electron chi connectivity index (χ0n) is 38.6. The second kappa shape index (κ2) is 15.2. The van der Waals surface area contributed by atoms with Crippen LogP contribution >= 0.6 is 22.7 Å². The van der Waals surface area contributed by atoms with E-state index in [2.05, 4.69) is 240 Å². The first kappa shape index (κ1) is 39.8. The summed E-state index contributed by atoms with van der Waals surface area (Å²) >= 11 is 3.82. The number of nitrogens with zero attached hydrogens (tertiary/aromatic N) is 4. The molecule has 12 aromatic rings. The molecule has 3 aliphatic rings. The quantitative estimate of drug-likeness (QED) is 0.163. The Morgan fingerprint density at radius 2 is 0.814 bits per heavy atom. The normalized spacial score (nSPS) is 14.4. The molecule has 0 saturated carbocycles. The molecule has 0 unspecified atom stereocenters. The van der Waals surface area contributed by atoms with Gasteiger partial charge < -0.3 is 19.6 Å². The van der Waals surface area contributed by atoms with E-state index >= 15 is 0 Å². The molecule has 70 heavy (non-hydrogen) atoms. The first-order chi connectivity index (χ1) is 34.6. The zero-order chi connectivity index (χ0) is 46.2. The minimum atomic E-state index is 0.998. The topological polar surface area (TPSA) is 13.0 Å². The van der Waals surface area contributed by atoms with Crippen molar-refractivity contribution in [3.05, 3.63) is 218 Å². The molecule has 2 aromatic heterocycles. The molecule has 0 radical (unpaired) electrons. The first-order valence-corrected chi connectivity index (χ1v) is 25.8. The lowest BCUT2D eigenvalue weighted by Crippen LogP contribution is -2.32. The van der Waals surface area contributed by atoms with Crippen LogP contribution in [0.2, 0.25) is 0 Å². The average Bonchev–Trinajstić information content (AvgIpc) is 4.00. The molecular formula is C64H44N4S2. The second-order valence-corrected chi connectivity index (χ2v) is 20.9. The molecule has 0 amide bonds. The Kier molecular flexibility index (Phi) is 8.62. The molecule has 0 atom stereocenters. The van der Waals surface area contributed by atoms with Crippen LogP contribution in [0.5, 0.6) is 0 Å². The molecule has 1 aliphatic carbocycles. The molecule has 0 fully saturated rings. The van der Waals surface area contributed by atoms with E-state index in [0.29, 0.717) is 0 Å². The summed E-state index contributed by atoms with van der Waals surface area (Å²) in [6.45, 7) is 0. The van der Waals surface area contributed by atoms with E-state index < -0.39 is 0 Å². The molecule has 4 nitrogen and oxygen atoms in total. The lowest BCUT2D eigenvalue weighted by Gasteiger charge is -2.41. The van der Waals surface area contributed by atoms with E-state index in [4.69, 9.17) is 0 Å². The molecule has 0 spiro atoms. The van der Waals surface area contributed by atoms with Crippen molar-refractivity contribution in [1.29, 1.82) is 0 Å². The van der Waals surface area contributed by atoms with Gasteiger partial charge in [0.2, 0.25) is 0 Å².